The van der Waals surface area contributed by atoms with E-state index in [1.54, 1.807) is 0 Å². The highest BCUT2D eigenvalue weighted by Crippen LogP contribution is 2.14. The number of aliphatic imine (C=N–C) groups is 1. The molecule has 0 aliphatic heterocycles. The molecular weight excluding hydrogens is 316 g/mol. The monoisotopic (exact) mass is 342 g/mol. The van der Waals surface area contributed by atoms with Crippen LogP contribution in [0.4, 0.5) is 0 Å². The Kier molecular flexibility index (Phi) is 8.66. The van der Waals surface area contributed by atoms with Crippen molar-refractivity contribution in [3.63, 3.8) is 0 Å². The van der Waals surface area contributed by atoms with Gasteiger partial charge >= 0.3 is 0 Å². The summed E-state index contributed by atoms with van der Waals surface area (Å²) in [6.45, 7) is 3.79. The summed E-state index contributed by atoms with van der Waals surface area (Å²) in [6, 6.07) is 22.8. The van der Waals surface area contributed by atoms with E-state index in [2.05, 4.69) is 36.9 Å². The van der Waals surface area contributed by atoms with Crippen molar-refractivity contribution < 1.29 is 0 Å². The first kappa shape index (κ1) is 19.4. The summed E-state index contributed by atoms with van der Waals surface area (Å²) in [5.41, 5.74) is 2.88. The summed E-state index contributed by atoms with van der Waals surface area (Å²) in [5, 5.41) is 9.46. The van der Waals surface area contributed by atoms with Crippen molar-refractivity contribution in [2.45, 2.75) is 38.1 Å². The number of rotatable bonds is 10. The molecule has 0 bridgehead atoms. The Balaban J connectivity index is 2.05. The van der Waals surface area contributed by atoms with Gasteiger partial charge in [0.25, 0.3) is 0 Å². The number of aryl methyl sites for hydroxylation is 1. The molecule has 1 unspecified atom stereocenters. The topological polar surface area (TPSA) is 36.1 Å². The number of allylic oxidation sites excluding steroid dienone is 2. The van der Waals surface area contributed by atoms with Crippen molar-refractivity contribution in [3.8, 4) is 6.07 Å². The van der Waals surface area contributed by atoms with Crippen LogP contribution in [0.25, 0.3) is 6.08 Å². The van der Waals surface area contributed by atoms with Crippen molar-refractivity contribution in [1.82, 2.24) is 0 Å². The Morgan fingerprint density at radius 2 is 1.73 bits per heavy atom. The average Bonchev–Trinajstić information content (AvgIpc) is 2.70. The van der Waals surface area contributed by atoms with Crippen LogP contribution in [0.15, 0.2) is 84.4 Å². The van der Waals surface area contributed by atoms with E-state index in [1.165, 1.54) is 5.56 Å². The fraction of sp³-hybridized carbons (Fsp3) is 0.250. The van der Waals surface area contributed by atoms with E-state index in [-0.39, 0.29) is 6.04 Å². The minimum atomic E-state index is 0.158. The molecule has 0 aliphatic rings. The number of nitriles is 1. The maximum atomic E-state index is 9.46. The summed E-state index contributed by atoms with van der Waals surface area (Å²) in [7, 11) is 0. The minimum Gasteiger partial charge on any atom is -0.271 e. The number of hydrogen-bond donors (Lipinski definition) is 0. The zero-order valence-corrected chi connectivity index (χ0v) is 15.2. The van der Waals surface area contributed by atoms with E-state index in [0.29, 0.717) is 5.71 Å². The Hall–Kier alpha value is -2.92. The summed E-state index contributed by atoms with van der Waals surface area (Å²) in [6.07, 6.45) is 10.6. The van der Waals surface area contributed by atoms with Crippen LogP contribution in [0, 0.1) is 11.3 Å². The first-order valence-electron chi connectivity index (χ1n) is 9.17. The van der Waals surface area contributed by atoms with Crippen LogP contribution >= 0.6 is 0 Å². The van der Waals surface area contributed by atoms with Crippen LogP contribution < -0.4 is 0 Å². The Labute approximate surface area is 157 Å². The molecule has 2 aromatic carbocycles. The van der Waals surface area contributed by atoms with Gasteiger partial charge in [-0.3, -0.25) is 4.99 Å². The third-order valence-electron chi connectivity index (χ3n) is 4.22. The predicted molar refractivity (Wildman–Crippen MR) is 111 cm³/mol. The molecule has 0 radical (unpaired) electrons. The third-order valence-corrected chi connectivity index (χ3v) is 4.22. The number of unbranched alkanes of at least 4 members (excludes halogenated alkanes) is 1. The minimum absolute atomic E-state index is 0.158. The zero-order valence-electron chi connectivity index (χ0n) is 15.2. The highest BCUT2D eigenvalue weighted by atomic mass is 14.8. The van der Waals surface area contributed by atoms with Crippen LogP contribution in [0.1, 0.15) is 36.8 Å². The Morgan fingerprint density at radius 3 is 2.38 bits per heavy atom. The van der Waals surface area contributed by atoms with E-state index < -0.39 is 0 Å². The number of hydrogen-bond acceptors (Lipinski definition) is 2. The Bertz CT molecular complexity index is 752. The second-order valence-electron chi connectivity index (χ2n) is 6.27. The molecule has 2 nitrogen and oxygen atoms in total. The maximum absolute atomic E-state index is 9.46. The van der Waals surface area contributed by atoms with Crippen LogP contribution in [0.3, 0.4) is 0 Å². The SMILES string of the molecule is C=CCCCC(CCc1ccccc1)N=C(C#N)/C=C/c1ccccc1. The zero-order chi connectivity index (χ0) is 18.5. The molecule has 0 fully saturated rings. The fourth-order valence-corrected chi connectivity index (χ4v) is 2.79. The molecule has 2 heteroatoms. The summed E-state index contributed by atoms with van der Waals surface area (Å²) >= 11 is 0. The summed E-state index contributed by atoms with van der Waals surface area (Å²) < 4.78 is 0. The molecule has 0 aliphatic carbocycles. The molecule has 0 spiro atoms. The molecule has 0 saturated carbocycles. The maximum Gasteiger partial charge on any atom is 0.135 e. The van der Waals surface area contributed by atoms with Crippen molar-refractivity contribution in [2.24, 2.45) is 4.99 Å². The van der Waals surface area contributed by atoms with Crippen molar-refractivity contribution in [3.05, 3.63) is 90.5 Å². The van der Waals surface area contributed by atoms with Crippen LogP contribution in [0.5, 0.6) is 0 Å². The summed E-state index contributed by atoms with van der Waals surface area (Å²) in [4.78, 5) is 4.73. The second-order valence-corrected chi connectivity index (χ2v) is 6.27. The van der Waals surface area contributed by atoms with Crippen molar-refractivity contribution in [1.29, 1.82) is 5.26 Å². The highest BCUT2D eigenvalue weighted by Gasteiger charge is 2.08. The molecule has 0 heterocycles. The lowest BCUT2D eigenvalue weighted by Crippen LogP contribution is -2.09. The predicted octanol–water partition coefficient (Wildman–Crippen LogP) is 6.02. The smallest absolute Gasteiger partial charge is 0.135 e. The first-order chi connectivity index (χ1) is 12.8. The molecule has 2 aromatic rings. The quantitative estimate of drug-likeness (QED) is 0.295. The van der Waals surface area contributed by atoms with Gasteiger partial charge in [-0.25, -0.2) is 0 Å². The molecule has 26 heavy (non-hydrogen) atoms. The van der Waals surface area contributed by atoms with Crippen molar-refractivity contribution in [2.75, 3.05) is 0 Å². The van der Waals surface area contributed by atoms with Gasteiger partial charge in [-0.05, 0) is 49.3 Å². The molecule has 0 amide bonds. The Morgan fingerprint density at radius 1 is 1.04 bits per heavy atom. The van der Waals surface area contributed by atoms with Gasteiger partial charge in [0.2, 0.25) is 0 Å². The molecule has 0 aromatic heterocycles. The van der Waals surface area contributed by atoms with Gasteiger partial charge in [0, 0.05) is 0 Å². The molecule has 2 rings (SSSR count). The second kappa shape index (κ2) is 11.6. The number of benzene rings is 2. The van der Waals surface area contributed by atoms with E-state index in [0.717, 1.165) is 37.7 Å². The van der Waals surface area contributed by atoms with Gasteiger partial charge in [-0.15, -0.1) is 6.58 Å². The van der Waals surface area contributed by atoms with Crippen LogP contribution in [-0.2, 0) is 6.42 Å². The van der Waals surface area contributed by atoms with Crippen LogP contribution in [0.2, 0.25) is 0 Å². The van der Waals surface area contributed by atoms with Gasteiger partial charge in [-0.1, -0.05) is 72.8 Å². The molecular formula is C24H26N2. The van der Waals surface area contributed by atoms with Gasteiger partial charge < -0.3 is 0 Å². The van der Waals surface area contributed by atoms with E-state index in [9.17, 15) is 5.26 Å². The van der Waals surface area contributed by atoms with E-state index >= 15 is 0 Å². The largest absolute Gasteiger partial charge is 0.271 e. The first-order valence-corrected chi connectivity index (χ1v) is 9.17. The molecule has 0 N–H and O–H groups in total. The van der Waals surface area contributed by atoms with E-state index in [4.69, 9.17) is 4.99 Å². The molecule has 1 atom stereocenters. The van der Waals surface area contributed by atoms with Crippen molar-refractivity contribution >= 4 is 11.8 Å². The summed E-state index contributed by atoms with van der Waals surface area (Å²) in [5.74, 6) is 0. The lowest BCUT2D eigenvalue weighted by Gasteiger charge is -2.12. The van der Waals surface area contributed by atoms with Gasteiger partial charge in [0.05, 0.1) is 6.04 Å². The van der Waals surface area contributed by atoms with Gasteiger partial charge in [-0.2, -0.15) is 5.26 Å². The molecule has 132 valence electrons. The number of nitrogens with zero attached hydrogens (tertiary/aromatic N) is 2. The average molecular weight is 342 g/mol. The standard InChI is InChI=1S/C24H26N2/c1-2-3-6-15-23(18-16-21-11-7-4-8-12-21)26-24(20-25)19-17-22-13-9-5-10-14-22/h2,4-5,7-14,17,19,23H,1,3,6,15-16,18H2/b19-17+,26-24?. The van der Waals surface area contributed by atoms with E-state index in [1.807, 2.05) is 54.6 Å². The highest BCUT2D eigenvalue weighted by molar-refractivity contribution is 6.09. The van der Waals surface area contributed by atoms with Crippen LogP contribution in [-0.4, -0.2) is 11.8 Å². The van der Waals surface area contributed by atoms with Gasteiger partial charge in [0.1, 0.15) is 11.8 Å². The lowest BCUT2D eigenvalue weighted by atomic mass is 10.0. The normalized spacial score (nSPS) is 12.7. The molecule has 0 saturated heterocycles. The lowest BCUT2D eigenvalue weighted by molar-refractivity contribution is 0.552. The van der Waals surface area contributed by atoms with Gasteiger partial charge in [0.15, 0.2) is 0 Å². The third kappa shape index (κ3) is 7.32. The fourth-order valence-electron chi connectivity index (χ4n) is 2.79.